The van der Waals surface area contributed by atoms with Crippen molar-refractivity contribution in [1.29, 1.82) is 0 Å². The molecule has 3 rings (SSSR count). The lowest BCUT2D eigenvalue weighted by molar-refractivity contribution is 0.182. The molecule has 0 atom stereocenters. The third-order valence-corrected chi connectivity index (χ3v) is 6.00. The largest absolute Gasteiger partial charge is 0.492 e. The summed E-state index contributed by atoms with van der Waals surface area (Å²) in [4.78, 5) is 13.8. The number of nitrogens with zero attached hydrogens (tertiary/aromatic N) is 1. The van der Waals surface area contributed by atoms with Crippen molar-refractivity contribution in [3.8, 4) is 5.75 Å². The average molecular weight is 364 g/mol. The summed E-state index contributed by atoms with van der Waals surface area (Å²) in [6, 6.07) is 10.1. The molecule has 1 aliphatic rings. The minimum atomic E-state index is -3.34. The number of ether oxygens (including phenoxy) is 1. The third kappa shape index (κ3) is 3.96. The van der Waals surface area contributed by atoms with Crippen molar-refractivity contribution in [2.24, 2.45) is 0 Å². The second-order valence-electron chi connectivity index (χ2n) is 5.77. The summed E-state index contributed by atoms with van der Waals surface area (Å²) < 4.78 is 35.2. The van der Waals surface area contributed by atoms with Gasteiger partial charge in [0.1, 0.15) is 17.3 Å². The molecular formula is C17H20N2O5S. The fourth-order valence-electron chi connectivity index (χ4n) is 2.59. The molecule has 0 saturated carbocycles. The molecule has 2 amide bonds. The zero-order valence-corrected chi connectivity index (χ0v) is 14.7. The summed E-state index contributed by atoms with van der Waals surface area (Å²) >= 11 is 0. The van der Waals surface area contributed by atoms with Crippen LogP contribution in [0.4, 0.5) is 10.5 Å². The normalized spacial score (nSPS) is 14.8. The lowest BCUT2D eigenvalue weighted by Gasteiger charge is -2.38. The van der Waals surface area contributed by atoms with Crippen molar-refractivity contribution in [3.05, 3.63) is 48.4 Å². The van der Waals surface area contributed by atoms with E-state index < -0.39 is 15.1 Å². The summed E-state index contributed by atoms with van der Waals surface area (Å²) in [6.45, 7) is 2.70. The number of carbonyl (C=O) groups is 1. The Bertz CT molecular complexity index is 826. The highest BCUT2D eigenvalue weighted by Gasteiger charge is 2.40. The summed E-state index contributed by atoms with van der Waals surface area (Å²) in [5, 5.41) is 2.20. The van der Waals surface area contributed by atoms with Crippen molar-refractivity contribution >= 4 is 21.6 Å². The first kappa shape index (κ1) is 17.3. The van der Waals surface area contributed by atoms with Crippen molar-refractivity contribution in [3.63, 3.8) is 0 Å². The molecule has 0 spiro atoms. The Morgan fingerprint density at radius 1 is 1.28 bits per heavy atom. The molecule has 1 saturated heterocycles. The number of anilines is 1. The number of likely N-dealkylation sites (tertiary alicyclic amines) is 1. The molecule has 7 nitrogen and oxygen atoms in total. The van der Waals surface area contributed by atoms with E-state index in [2.05, 4.69) is 5.32 Å². The van der Waals surface area contributed by atoms with E-state index in [9.17, 15) is 13.2 Å². The maximum atomic E-state index is 12.3. The number of urea groups is 1. The zero-order chi connectivity index (χ0) is 17.9. The van der Waals surface area contributed by atoms with Gasteiger partial charge in [0.2, 0.25) is 0 Å². The first-order chi connectivity index (χ1) is 12.0. The summed E-state index contributed by atoms with van der Waals surface area (Å²) in [5.74, 6) is 0.849. The van der Waals surface area contributed by atoms with E-state index in [0.717, 1.165) is 0 Å². The number of hydrogen-bond donors (Lipinski definition) is 1. The average Bonchev–Trinajstić information content (AvgIpc) is 2.99. The van der Waals surface area contributed by atoms with Crippen molar-refractivity contribution in [1.82, 2.24) is 4.90 Å². The topological polar surface area (TPSA) is 88.9 Å². The van der Waals surface area contributed by atoms with E-state index in [-0.39, 0.29) is 24.9 Å². The quantitative estimate of drug-likeness (QED) is 0.851. The van der Waals surface area contributed by atoms with Crippen LogP contribution in [0.3, 0.4) is 0 Å². The van der Waals surface area contributed by atoms with Crippen LogP contribution in [0.5, 0.6) is 5.75 Å². The van der Waals surface area contributed by atoms with E-state index in [1.807, 2.05) is 13.0 Å². The molecule has 0 radical (unpaired) electrons. The minimum absolute atomic E-state index is 0.146. The smallest absolute Gasteiger partial charge is 0.322 e. The Morgan fingerprint density at radius 3 is 2.72 bits per heavy atom. The summed E-state index contributed by atoms with van der Waals surface area (Å²) in [7, 11) is -3.34. The first-order valence-electron chi connectivity index (χ1n) is 8.01. The second-order valence-corrected chi connectivity index (χ2v) is 8.05. The Morgan fingerprint density at radius 2 is 2.04 bits per heavy atom. The zero-order valence-electron chi connectivity index (χ0n) is 13.8. The van der Waals surface area contributed by atoms with Crippen LogP contribution >= 0.6 is 0 Å². The van der Waals surface area contributed by atoms with Crippen molar-refractivity contribution in [2.75, 3.05) is 25.0 Å². The highest BCUT2D eigenvalue weighted by molar-refractivity contribution is 7.91. The van der Waals surface area contributed by atoms with Crippen LogP contribution in [0, 0.1) is 0 Å². The number of carbonyl (C=O) groups excluding carboxylic acids is 1. The fourth-order valence-corrected chi connectivity index (χ4v) is 4.20. The van der Waals surface area contributed by atoms with Crippen LogP contribution in [0.2, 0.25) is 0 Å². The summed E-state index contributed by atoms with van der Waals surface area (Å²) in [6.07, 6.45) is 1.45. The Hall–Kier alpha value is -2.48. The molecule has 1 fully saturated rings. The number of hydrogen-bond acceptors (Lipinski definition) is 5. The Balaban J connectivity index is 1.56. The summed E-state index contributed by atoms with van der Waals surface area (Å²) in [5.41, 5.74) is 0.566. The lowest BCUT2D eigenvalue weighted by atomic mass is 10.2. The predicted molar refractivity (Wildman–Crippen MR) is 93.3 cm³/mol. The van der Waals surface area contributed by atoms with Gasteiger partial charge < -0.3 is 19.4 Å². The van der Waals surface area contributed by atoms with Crippen LogP contribution < -0.4 is 10.1 Å². The molecule has 2 aromatic rings. The van der Waals surface area contributed by atoms with E-state index in [0.29, 0.717) is 23.8 Å². The molecule has 2 heterocycles. The van der Waals surface area contributed by atoms with Crippen LogP contribution in [0.1, 0.15) is 12.7 Å². The van der Waals surface area contributed by atoms with Gasteiger partial charge in [0.25, 0.3) is 0 Å². The number of amides is 2. The van der Waals surface area contributed by atoms with Crippen LogP contribution in [0.25, 0.3) is 0 Å². The molecule has 1 aromatic heterocycles. The molecule has 0 aliphatic carbocycles. The molecule has 1 aliphatic heterocycles. The highest BCUT2D eigenvalue weighted by Crippen LogP contribution is 2.26. The molecule has 25 heavy (non-hydrogen) atoms. The highest BCUT2D eigenvalue weighted by atomic mass is 32.2. The minimum Gasteiger partial charge on any atom is -0.492 e. The molecule has 0 bridgehead atoms. The predicted octanol–water partition coefficient (Wildman–Crippen LogP) is 2.51. The maximum absolute atomic E-state index is 12.3. The Kier molecular flexibility index (Phi) is 4.98. The van der Waals surface area contributed by atoms with Gasteiger partial charge in [-0.15, -0.1) is 0 Å². The molecule has 1 N–H and O–H groups in total. The second kappa shape index (κ2) is 7.18. The monoisotopic (exact) mass is 364 g/mol. The van der Waals surface area contributed by atoms with Crippen LogP contribution in [0.15, 0.2) is 47.1 Å². The Labute approximate surface area is 146 Å². The van der Waals surface area contributed by atoms with Gasteiger partial charge in [-0.2, -0.15) is 0 Å². The first-order valence-corrected chi connectivity index (χ1v) is 9.73. The van der Waals surface area contributed by atoms with Gasteiger partial charge in [-0.25, -0.2) is 13.2 Å². The van der Waals surface area contributed by atoms with E-state index in [1.165, 1.54) is 11.2 Å². The number of para-hydroxylation sites is 2. The van der Waals surface area contributed by atoms with Gasteiger partial charge >= 0.3 is 6.03 Å². The van der Waals surface area contributed by atoms with Gasteiger partial charge in [-0.3, -0.25) is 0 Å². The SMILES string of the molecule is CCOc1ccccc1NC(=O)N1CC(S(=O)(=O)Cc2ccco2)C1. The number of nitrogens with one attached hydrogen (secondary N) is 1. The number of rotatable bonds is 6. The van der Waals surface area contributed by atoms with Crippen LogP contribution in [-0.4, -0.2) is 44.3 Å². The molecular weight excluding hydrogens is 344 g/mol. The number of furan rings is 1. The molecule has 134 valence electrons. The van der Waals surface area contributed by atoms with Gasteiger partial charge in [0, 0.05) is 13.1 Å². The van der Waals surface area contributed by atoms with E-state index in [1.54, 1.807) is 30.3 Å². The van der Waals surface area contributed by atoms with Gasteiger partial charge in [0.05, 0.1) is 23.8 Å². The lowest BCUT2D eigenvalue weighted by Crippen LogP contribution is -2.58. The number of benzene rings is 1. The van der Waals surface area contributed by atoms with Gasteiger partial charge in [-0.05, 0) is 31.2 Å². The van der Waals surface area contributed by atoms with E-state index >= 15 is 0 Å². The van der Waals surface area contributed by atoms with Crippen molar-refractivity contribution in [2.45, 2.75) is 17.9 Å². The van der Waals surface area contributed by atoms with Crippen LogP contribution in [-0.2, 0) is 15.6 Å². The van der Waals surface area contributed by atoms with Crippen molar-refractivity contribution < 1.29 is 22.4 Å². The van der Waals surface area contributed by atoms with E-state index in [4.69, 9.17) is 9.15 Å². The van der Waals surface area contributed by atoms with Gasteiger partial charge in [-0.1, -0.05) is 12.1 Å². The van der Waals surface area contributed by atoms with Gasteiger partial charge in [0.15, 0.2) is 9.84 Å². The molecule has 0 unspecified atom stereocenters. The fraction of sp³-hybridized carbons (Fsp3) is 0.353. The standard InChI is InChI=1S/C17H20N2O5S/c1-2-23-16-8-4-3-7-15(16)18-17(20)19-10-14(11-19)25(21,22)12-13-6-5-9-24-13/h3-9,14H,2,10-12H2,1H3,(H,18,20). The molecule has 8 heteroatoms. The maximum Gasteiger partial charge on any atom is 0.322 e. The number of sulfone groups is 1. The molecule has 1 aromatic carbocycles. The third-order valence-electron chi connectivity index (χ3n) is 4.00.